The molecule has 2 heterocycles. The molecule has 0 saturated heterocycles. The number of aryl methyl sites for hydroxylation is 1. The number of benzene rings is 3. The van der Waals surface area contributed by atoms with Gasteiger partial charge in [-0.1, -0.05) is 45.8 Å². The van der Waals surface area contributed by atoms with E-state index in [9.17, 15) is 0 Å². The maximum absolute atomic E-state index is 8.36. The van der Waals surface area contributed by atoms with Crippen LogP contribution >= 0.6 is 11.6 Å². The third-order valence-corrected chi connectivity index (χ3v) is 7.01. The van der Waals surface area contributed by atoms with Gasteiger partial charge in [0, 0.05) is 46.8 Å². The summed E-state index contributed by atoms with van der Waals surface area (Å²) in [4.78, 5) is 14.5. The summed E-state index contributed by atoms with van der Waals surface area (Å²) in [5.41, 5.74) is 9.88. The molecule has 1 atom stereocenters. The SMILES string of the molecule is COc1cc(C2c3[nH]c4ccc(Cl)cc4c3CCN2c2ccc(C)cc2)ccc1OCCCN/N=N\N.O=CO. The van der Waals surface area contributed by atoms with Gasteiger partial charge in [0.1, 0.15) is 0 Å². The van der Waals surface area contributed by atoms with E-state index in [4.69, 9.17) is 36.8 Å². The standard InChI is InChI=1S/C28H31ClN6O2.CH2O2/c1-18-4-8-21(9-5-18)35-14-12-22-23-17-20(29)7-10-24(23)32-27(22)28(35)19-6-11-25(26(16-19)36-2)37-15-3-13-31-34-33-30;2-1-3/h4-11,16-17,28,32H,3,12-15H2,1-2H3,(H2,30,34)(H,31,33);1H,(H,2,3). The molecule has 0 fully saturated rings. The minimum absolute atomic E-state index is 0.0218. The predicted molar refractivity (Wildman–Crippen MR) is 156 cm³/mol. The molecule has 0 radical (unpaired) electrons. The molecule has 4 aromatic rings. The molecule has 0 spiro atoms. The zero-order chi connectivity index (χ0) is 28.5. The van der Waals surface area contributed by atoms with Gasteiger partial charge in [-0.25, -0.2) is 0 Å². The predicted octanol–water partition coefficient (Wildman–Crippen LogP) is 5.59. The lowest BCUT2D eigenvalue weighted by molar-refractivity contribution is -0.122. The zero-order valence-corrected chi connectivity index (χ0v) is 23.2. The number of aromatic nitrogens is 1. The molecule has 0 aliphatic carbocycles. The number of carboxylic acid groups (broad SMARTS) is 1. The molecule has 0 bridgehead atoms. The summed E-state index contributed by atoms with van der Waals surface area (Å²) < 4.78 is 11.8. The quantitative estimate of drug-likeness (QED) is 0.0683. The van der Waals surface area contributed by atoms with Crippen molar-refractivity contribution in [1.29, 1.82) is 0 Å². The number of methoxy groups -OCH3 is 1. The van der Waals surface area contributed by atoms with Crippen molar-refractivity contribution in [3.05, 3.63) is 88.1 Å². The monoisotopic (exact) mass is 564 g/mol. The van der Waals surface area contributed by atoms with Crippen molar-refractivity contribution in [1.82, 2.24) is 10.4 Å². The number of rotatable bonds is 9. The van der Waals surface area contributed by atoms with Crippen LogP contribution in [-0.4, -0.2) is 43.4 Å². The topological polar surface area (TPSA) is 138 Å². The fourth-order valence-electron chi connectivity index (χ4n) is 5.02. The van der Waals surface area contributed by atoms with Gasteiger partial charge >= 0.3 is 0 Å². The number of nitrogens with one attached hydrogen (secondary N) is 2. The van der Waals surface area contributed by atoms with Crippen LogP contribution in [0.5, 0.6) is 11.5 Å². The summed E-state index contributed by atoms with van der Waals surface area (Å²) >= 11 is 6.37. The van der Waals surface area contributed by atoms with Crippen LogP contribution in [0, 0.1) is 6.92 Å². The smallest absolute Gasteiger partial charge is 0.290 e. The molecule has 10 nitrogen and oxygen atoms in total. The molecule has 0 amide bonds. The Balaban J connectivity index is 0.00000118. The highest BCUT2D eigenvalue weighted by atomic mass is 35.5. The van der Waals surface area contributed by atoms with Crippen molar-refractivity contribution in [3.8, 4) is 11.5 Å². The van der Waals surface area contributed by atoms with Crippen molar-refractivity contribution >= 4 is 34.7 Å². The molecular weight excluding hydrogens is 532 g/mol. The summed E-state index contributed by atoms with van der Waals surface area (Å²) in [7, 11) is 1.67. The summed E-state index contributed by atoms with van der Waals surface area (Å²) in [5.74, 6) is 6.39. The molecule has 1 aliphatic rings. The fraction of sp³-hybridized carbons (Fsp3) is 0.276. The molecule has 11 heteroatoms. The van der Waals surface area contributed by atoms with Crippen molar-refractivity contribution in [2.45, 2.75) is 25.8 Å². The van der Waals surface area contributed by atoms with Crippen LogP contribution < -0.4 is 25.6 Å². The number of hydrogen-bond acceptors (Lipinski definition) is 6. The lowest BCUT2D eigenvalue weighted by atomic mass is 9.91. The van der Waals surface area contributed by atoms with Crippen molar-refractivity contribution in [2.24, 2.45) is 16.3 Å². The highest BCUT2D eigenvalue weighted by molar-refractivity contribution is 6.31. The first-order valence-electron chi connectivity index (χ1n) is 12.8. The van der Waals surface area contributed by atoms with Gasteiger partial charge in [-0.3, -0.25) is 10.2 Å². The van der Waals surface area contributed by atoms with E-state index >= 15 is 0 Å². The number of fused-ring (bicyclic) bond motifs is 3. The van der Waals surface area contributed by atoms with E-state index in [-0.39, 0.29) is 12.5 Å². The van der Waals surface area contributed by atoms with E-state index in [0.29, 0.717) is 24.7 Å². The van der Waals surface area contributed by atoms with Gasteiger partial charge in [0.2, 0.25) is 0 Å². The van der Waals surface area contributed by atoms with Crippen LogP contribution in [-0.2, 0) is 11.2 Å². The van der Waals surface area contributed by atoms with E-state index in [0.717, 1.165) is 35.5 Å². The molecule has 5 N–H and O–H groups in total. The Bertz CT molecular complexity index is 1460. The Labute approximate surface area is 237 Å². The number of halogens is 1. The second-order valence-corrected chi connectivity index (χ2v) is 9.67. The van der Waals surface area contributed by atoms with E-state index < -0.39 is 0 Å². The van der Waals surface area contributed by atoms with Crippen molar-refractivity contribution in [2.75, 3.05) is 31.7 Å². The van der Waals surface area contributed by atoms with Gasteiger partial charge in [0.15, 0.2) is 11.5 Å². The summed E-state index contributed by atoms with van der Waals surface area (Å²) in [5, 5.41) is 15.5. The van der Waals surface area contributed by atoms with Gasteiger partial charge in [0.05, 0.1) is 19.8 Å². The van der Waals surface area contributed by atoms with Gasteiger partial charge in [-0.15, -0.1) is 0 Å². The van der Waals surface area contributed by atoms with Crippen LogP contribution in [0.15, 0.2) is 71.1 Å². The number of nitrogens with two attached hydrogens (primary N) is 1. The molecule has 3 aromatic carbocycles. The second-order valence-electron chi connectivity index (χ2n) is 9.23. The molecule has 40 heavy (non-hydrogen) atoms. The normalized spacial score (nSPS) is 14.4. The largest absolute Gasteiger partial charge is 0.493 e. The van der Waals surface area contributed by atoms with Gasteiger partial charge in [0.25, 0.3) is 6.47 Å². The lowest BCUT2D eigenvalue weighted by Crippen LogP contribution is -2.36. The Kier molecular flexibility index (Phi) is 9.69. The molecule has 1 unspecified atom stereocenters. The fourth-order valence-corrected chi connectivity index (χ4v) is 5.19. The highest BCUT2D eigenvalue weighted by Crippen LogP contribution is 2.43. The Morgan fingerprint density at radius 1 is 1.18 bits per heavy atom. The maximum atomic E-state index is 8.36. The molecule has 1 aliphatic heterocycles. The first-order chi connectivity index (χ1) is 19.5. The summed E-state index contributed by atoms with van der Waals surface area (Å²) in [6.07, 6.45) is 1.67. The minimum atomic E-state index is -0.250. The van der Waals surface area contributed by atoms with E-state index in [1.165, 1.54) is 27.9 Å². The molecule has 1 aromatic heterocycles. The number of hydrogen-bond donors (Lipinski definition) is 4. The van der Waals surface area contributed by atoms with Gasteiger partial charge in [-0.2, -0.15) is 0 Å². The number of aromatic amines is 1. The average molecular weight is 565 g/mol. The van der Waals surface area contributed by atoms with Crippen LogP contribution in [0.2, 0.25) is 5.02 Å². The van der Waals surface area contributed by atoms with Crippen LogP contribution in [0.25, 0.3) is 10.9 Å². The van der Waals surface area contributed by atoms with E-state index in [2.05, 4.69) is 81.2 Å². The molecule has 5 rings (SSSR count). The first kappa shape index (κ1) is 28.6. The summed E-state index contributed by atoms with van der Waals surface area (Å²) in [6.45, 7) is 3.86. The van der Waals surface area contributed by atoms with E-state index in [1.54, 1.807) is 7.11 Å². The number of ether oxygens (including phenoxy) is 2. The second kappa shape index (κ2) is 13.6. The molecule has 0 saturated carbocycles. The van der Waals surface area contributed by atoms with Crippen molar-refractivity contribution < 1.29 is 19.4 Å². The van der Waals surface area contributed by atoms with Gasteiger partial charge in [-0.05, 0) is 66.9 Å². The Morgan fingerprint density at radius 2 is 1.95 bits per heavy atom. The zero-order valence-electron chi connectivity index (χ0n) is 22.4. The minimum Gasteiger partial charge on any atom is -0.493 e. The highest BCUT2D eigenvalue weighted by Gasteiger charge is 2.32. The number of nitrogens with zero attached hydrogens (tertiary/aromatic N) is 3. The Morgan fingerprint density at radius 3 is 2.67 bits per heavy atom. The lowest BCUT2D eigenvalue weighted by Gasteiger charge is -2.38. The number of anilines is 1. The molecule has 210 valence electrons. The molecular formula is C29H33ClN6O4. The Hall–Kier alpha value is -4.44. The maximum Gasteiger partial charge on any atom is 0.290 e. The third-order valence-electron chi connectivity index (χ3n) is 6.78. The van der Waals surface area contributed by atoms with Crippen molar-refractivity contribution in [3.63, 3.8) is 0 Å². The average Bonchev–Trinajstić information content (AvgIpc) is 3.33. The van der Waals surface area contributed by atoms with Gasteiger partial charge < -0.3 is 30.3 Å². The van der Waals surface area contributed by atoms with Crippen LogP contribution in [0.3, 0.4) is 0 Å². The third kappa shape index (κ3) is 6.40. The number of carbonyl (C=O) groups is 1. The van der Waals surface area contributed by atoms with Crippen LogP contribution in [0.4, 0.5) is 5.69 Å². The summed E-state index contributed by atoms with van der Waals surface area (Å²) in [6, 6.07) is 20.9. The first-order valence-corrected chi connectivity index (χ1v) is 13.2. The van der Waals surface area contributed by atoms with Crippen LogP contribution in [0.1, 0.15) is 34.8 Å². The number of H-pyrrole nitrogens is 1. The van der Waals surface area contributed by atoms with E-state index in [1.807, 2.05) is 12.1 Å².